The topological polar surface area (TPSA) is 68.3 Å². The quantitative estimate of drug-likeness (QED) is 0.438. The minimum atomic E-state index is 0.0106. The molecule has 5 heteroatoms. The molecule has 19 heavy (non-hydrogen) atoms. The Balaban J connectivity index is 2.32. The molecule has 0 bridgehead atoms. The van der Waals surface area contributed by atoms with Crippen molar-refractivity contribution in [3.05, 3.63) is 34.3 Å². The summed E-state index contributed by atoms with van der Waals surface area (Å²) in [5.74, 6) is 0.546. The van der Waals surface area contributed by atoms with Crippen LogP contribution < -0.4 is 5.73 Å². The summed E-state index contributed by atoms with van der Waals surface area (Å²) in [5, 5.41) is 7.89. The Morgan fingerprint density at radius 1 is 1.32 bits per heavy atom. The van der Waals surface area contributed by atoms with Gasteiger partial charge in [-0.25, -0.2) is 0 Å². The fourth-order valence-corrected chi connectivity index (χ4v) is 1.69. The van der Waals surface area contributed by atoms with Gasteiger partial charge in [-0.15, -0.1) is 0 Å². The van der Waals surface area contributed by atoms with Gasteiger partial charge in [0, 0.05) is 17.2 Å². The van der Waals surface area contributed by atoms with E-state index in [0.29, 0.717) is 36.3 Å². The first kappa shape index (κ1) is 16.0. The second-order valence-corrected chi connectivity index (χ2v) is 5.15. The van der Waals surface area contributed by atoms with Gasteiger partial charge in [-0.3, -0.25) is 5.41 Å². The molecule has 4 nitrogen and oxygen atoms in total. The maximum atomic E-state index is 7.32. The SMILES string of the molecule is CC(C)COCCOCc1ccc(C(=N)N)cc1Cl. The van der Waals surface area contributed by atoms with E-state index in [4.69, 9.17) is 32.2 Å². The molecule has 0 aliphatic carbocycles. The van der Waals surface area contributed by atoms with Crippen LogP contribution in [0, 0.1) is 11.3 Å². The van der Waals surface area contributed by atoms with Gasteiger partial charge in [0.25, 0.3) is 0 Å². The summed E-state index contributed by atoms with van der Waals surface area (Å²) >= 11 is 6.09. The largest absolute Gasteiger partial charge is 0.384 e. The summed E-state index contributed by atoms with van der Waals surface area (Å²) < 4.78 is 10.9. The van der Waals surface area contributed by atoms with Gasteiger partial charge in [0.1, 0.15) is 5.84 Å². The molecule has 0 radical (unpaired) electrons. The molecule has 1 aromatic carbocycles. The summed E-state index contributed by atoms with van der Waals surface area (Å²) in [4.78, 5) is 0. The van der Waals surface area contributed by atoms with E-state index >= 15 is 0 Å². The van der Waals surface area contributed by atoms with Crippen LogP contribution in [-0.2, 0) is 16.1 Å². The van der Waals surface area contributed by atoms with E-state index in [1.54, 1.807) is 12.1 Å². The second-order valence-electron chi connectivity index (χ2n) is 4.74. The normalized spacial score (nSPS) is 10.9. The molecule has 0 spiro atoms. The minimum absolute atomic E-state index is 0.0106. The highest BCUT2D eigenvalue weighted by atomic mass is 35.5. The van der Waals surface area contributed by atoms with Crippen molar-refractivity contribution in [3.63, 3.8) is 0 Å². The molecule has 0 amide bonds. The van der Waals surface area contributed by atoms with Crippen LogP contribution in [0.1, 0.15) is 25.0 Å². The fourth-order valence-electron chi connectivity index (χ4n) is 1.45. The lowest BCUT2D eigenvalue weighted by atomic mass is 10.1. The number of ether oxygens (including phenoxy) is 2. The number of nitrogens with one attached hydrogen (secondary N) is 1. The Bertz CT molecular complexity index is 422. The van der Waals surface area contributed by atoms with Gasteiger partial charge in [-0.05, 0) is 17.5 Å². The van der Waals surface area contributed by atoms with Crippen molar-refractivity contribution in [3.8, 4) is 0 Å². The predicted molar refractivity (Wildman–Crippen MR) is 77.8 cm³/mol. The molecule has 0 saturated heterocycles. The van der Waals surface area contributed by atoms with Crippen molar-refractivity contribution in [2.75, 3.05) is 19.8 Å². The fraction of sp³-hybridized carbons (Fsp3) is 0.500. The van der Waals surface area contributed by atoms with Gasteiger partial charge >= 0.3 is 0 Å². The number of nitrogen functional groups attached to an aromatic ring is 1. The monoisotopic (exact) mass is 284 g/mol. The van der Waals surface area contributed by atoms with E-state index in [-0.39, 0.29) is 5.84 Å². The molecule has 106 valence electrons. The zero-order valence-corrected chi connectivity index (χ0v) is 12.2. The van der Waals surface area contributed by atoms with Crippen molar-refractivity contribution in [2.45, 2.75) is 20.5 Å². The Labute approximate surface area is 119 Å². The highest BCUT2D eigenvalue weighted by molar-refractivity contribution is 6.31. The van der Waals surface area contributed by atoms with Crippen LogP contribution in [0.4, 0.5) is 0 Å². The highest BCUT2D eigenvalue weighted by Crippen LogP contribution is 2.18. The van der Waals surface area contributed by atoms with Crippen LogP contribution in [0.25, 0.3) is 0 Å². The smallest absolute Gasteiger partial charge is 0.122 e. The van der Waals surface area contributed by atoms with Gasteiger partial charge in [-0.2, -0.15) is 0 Å². The first-order chi connectivity index (χ1) is 9.00. The Morgan fingerprint density at radius 3 is 2.58 bits per heavy atom. The van der Waals surface area contributed by atoms with Crippen LogP contribution in [0.3, 0.4) is 0 Å². The number of benzene rings is 1. The van der Waals surface area contributed by atoms with E-state index in [2.05, 4.69) is 13.8 Å². The molecular formula is C14H21ClN2O2. The van der Waals surface area contributed by atoms with Crippen molar-refractivity contribution in [2.24, 2.45) is 11.7 Å². The average Bonchev–Trinajstić information content (AvgIpc) is 2.34. The number of rotatable bonds is 8. The van der Waals surface area contributed by atoms with Crippen LogP contribution >= 0.6 is 11.6 Å². The molecule has 0 heterocycles. The number of hydrogen-bond acceptors (Lipinski definition) is 3. The van der Waals surface area contributed by atoms with Crippen molar-refractivity contribution in [1.82, 2.24) is 0 Å². The van der Waals surface area contributed by atoms with Gasteiger partial charge in [-0.1, -0.05) is 37.6 Å². The molecule has 1 aromatic rings. The Kier molecular flexibility index (Phi) is 6.84. The van der Waals surface area contributed by atoms with Crippen LogP contribution in [-0.4, -0.2) is 25.7 Å². The van der Waals surface area contributed by atoms with E-state index in [1.807, 2.05) is 6.07 Å². The van der Waals surface area contributed by atoms with Crippen LogP contribution in [0.2, 0.25) is 5.02 Å². The summed E-state index contributed by atoms with van der Waals surface area (Å²) in [6.07, 6.45) is 0. The second kappa shape index (κ2) is 8.15. The number of amidine groups is 1. The third-order valence-corrected chi connectivity index (χ3v) is 2.80. The molecule has 0 fully saturated rings. The molecule has 0 saturated carbocycles. The van der Waals surface area contributed by atoms with Gasteiger partial charge in [0.15, 0.2) is 0 Å². The predicted octanol–water partition coefficient (Wildman–Crippen LogP) is 2.81. The Hall–Kier alpha value is -1.10. The number of hydrogen-bond donors (Lipinski definition) is 2. The zero-order chi connectivity index (χ0) is 14.3. The summed E-state index contributed by atoms with van der Waals surface area (Å²) in [7, 11) is 0. The summed E-state index contributed by atoms with van der Waals surface area (Å²) in [6, 6.07) is 5.27. The Morgan fingerprint density at radius 2 is 2.00 bits per heavy atom. The minimum Gasteiger partial charge on any atom is -0.384 e. The third kappa shape index (κ3) is 6.05. The highest BCUT2D eigenvalue weighted by Gasteiger charge is 2.04. The first-order valence-corrected chi connectivity index (χ1v) is 6.66. The molecule has 1 rings (SSSR count). The van der Waals surface area contributed by atoms with E-state index < -0.39 is 0 Å². The van der Waals surface area contributed by atoms with E-state index in [0.717, 1.165) is 12.2 Å². The summed E-state index contributed by atoms with van der Waals surface area (Å²) in [6.45, 7) is 6.52. The lowest BCUT2D eigenvalue weighted by Gasteiger charge is -2.09. The van der Waals surface area contributed by atoms with E-state index in [9.17, 15) is 0 Å². The molecule has 0 aromatic heterocycles. The molecule has 0 atom stereocenters. The van der Waals surface area contributed by atoms with Gasteiger partial charge in [0.2, 0.25) is 0 Å². The third-order valence-electron chi connectivity index (χ3n) is 2.44. The van der Waals surface area contributed by atoms with Gasteiger partial charge < -0.3 is 15.2 Å². The molecule has 0 aliphatic rings. The lowest BCUT2D eigenvalue weighted by Crippen LogP contribution is -2.11. The van der Waals surface area contributed by atoms with Crippen molar-refractivity contribution in [1.29, 1.82) is 5.41 Å². The molecule has 3 N–H and O–H groups in total. The van der Waals surface area contributed by atoms with Crippen molar-refractivity contribution < 1.29 is 9.47 Å². The van der Waals surface area contributed by atoms with Crippen LogP contribution in [0.5, 0.6) is 0 Å². The maximum Gasteiger partial charge on any atom is 0.122 e. The van der Waals surface area contributed by atoms with Crippen molar-refractivity contribution >= 4 is 17.4 Å². The number of nitrogens with two attached hydrogens (primary N) is 1. The first-order valence-electron chi connectivity index (χ1n) is 6.29. The van der Waals surface area contributed by atoms with Gasteiger partial charge in [0.05, 0.1) is 19.8 Å². The molecule has 0 unspecified atom stereocenters. The lowest BCUT2D eigenvalue weighted by molar-refractivity contribution is 0.0315. The maximum absolute atomic E-state index is 7.32. The van der Waals surface area contributed by atoms with E-state index in [1.165, 1.54) is 0 Å². The standard InChI is InChI=1S/C14H21ClN2O2/c1-10(2)8-18-5-6-19-9-12-4-3-11(14(16)17)7-13(12)15/h3-4,7,10H,5-6,8-9H2,1-2H3,(H3,16,17). The number of halogens is 1. The molecule has 0 aliphatic heterocycles. The average molecular weight is 285 g/mol. The summed E-state index contributed by atoms with van der Waals surface area (Å²) in [5.41, 5.74) is 6.89. The zero-order valence-electron chi connectivity index (χ0n) is 11.4. The molecular weight excluding hydrogens is 264 g/mol. The van der Waals surface area contributed by atoms with Crippen LogP contribution in [0.15, 0.2) is 18.2 Å².